The lowest BCUT2D eigenvalue weighted by Gasteiger charge is -2.40. The van der Waals surface area contributed by atoms with Crippen LogP contribution in [0.3, 0.4) is 0 Å². The molecule has 0 aromatic heterocycles. The highest BCUT2D eigenvalue weighted by Gasteiger charge is 2.60. The average Bonchev–Trinajstić information content (AvgIpc) is 2.00. The summed E-state index contributed by atoms with van der Waals surface area (Å²) in [4.78, 5) is 0. The lowest BCUT2D eigenvalue weighted by Crippen LogP contribution is -2.51. The normalized spacial score (nSPS) is 25.5. The van der Waals surface area contributed by atoms with Gasteiger partial charge in [0.05, 0.1) is 0 Å². The number of benzene rings is 1. The molecule has 0 amide bonds. The summed E-state index contributed by atoms with van der Waals surface area (Å²) in [6, 6.07) is 4.00. The second-order valence-electron chi connectivity index (χ2n) is 3.34. The van der Waals surface area contributed by atoms with Gasteiger partial charge in [-0.05, 0) is 23.3 Å². The van der Waals surface area contributed by atoms with E-state index in [-0.39, 0.29) is 5.56 Å². The van der Waals surface area contributed by atoms with Crippen LogP contribution < -0.4 is 0 Å². The molecular weight excluding hydrogens is 217 g/mol. The monoisotopic (exact) mass is 222 g/mol. The van der Waals surface area contributed by atoms with Crippen molar-refractivity contribution in [1.29, 1.82) is 0 Å². The van der Waals surface area contributed by atoms with Crippen molar-refractivity contribution >= 4 is 11.6 Å². The van der Waals surface area contributed by atoms with Gasteiger partial charge in [0.15, 0.2) is 5.60 Å². The van der Waals surface area contributed by atoms with Gasteiger partial charge in [-0.15, -0.1) is 0 Å². The third-order valence-electron chi connectivity index (χ3n) is 2.43. The molecule has 1 atom stereocenters. The van der Waals surface area contributed by atoms with Crippen molar-refractivity contribution in [2.75, 3.05) is 0 Å². The largest absolute Gasteiger partial charge is 0.421 e. The predicted octanol–water partition coefficient (Wildman–Crippen LogP) is 2.65. The Labute approximate surface area is 83.1 Å². The molecule has 0 bridgehead atoms. The zero-order valence-electron chi connectivity index (χ0n) is 6.90. The quantitative estimate of drug-likeness (QED) is 0.716. The van der Waals surface area contributed by atoms with E-state index in [0.717, 1.165) is 0 Å². The zero-order valence-corrected chi connectivity index (χ0v) is 7.65. The van der Waals surface area contributed by atoms with E-state index < -0.39 is 18.2 Å². The first kappa shape index (κ1) is 9.80. The first-order valence-corrected chi connectivity index (χ1v) is 4.30. The molecule has 1 nitrogen and oxygen atoms in total. The van der Waals surface area contributed by atoms with Crippen molar-refractivity contribution in [3.63, 3.8) is 0 Å². The Bertz CT molecular complexity index is 388. The first-order chi connectivity index (χ1) is 6.34. The van der Waals surface area contributed by atoms with Crippen molar-refractivity contribution in [2.45, 2.75) is 18.2 Å². The molecule has 0 saturated heterocycles. The van der Waals surface area contributed by atoms with Crippen LogP contribution in [0.1, 0.15) is 11.1 Å². The maximum atomic E-state index is 12.4. The fraction of sp³-hybridized carbons (Fsp3) is 0.333. The molecule has 0 fully saturated rings. The van der Waals surface area contributed by atoms with Crippen LogP contribution in [-0.2, 0) is 12.0 Å². The molecule has 1 N–H and O–H groups in total. The molecule has 14 heavy (non-hydrogen) atoms. The van der Waals surface area contributed by atoms with Gasteiger partial charge < -0.3 is 5.11 Å². The lowest BCUT2D eigenvalue weighted by molar-refractivity contribution is -0.275. The van der Waals surface area contributed by atoms with E-state index in [1.807, 2.05) is 0 Å². The van der Waals surface area contributed by atoms with Crippen molar-refractivity contribution in [1.82, 2.24) is 0 Å². The van der Waals surface area contributed by atoms with Gasteiger partial charge in [0, 0.05) is 11.4 Å². The van der Waals surface area contributed by atoms with E-state index in [1.54, 1.807) is 0 Å². The van der Waals surface area contributed by atoms with Crippen molar-refractivity contribution < 1.29 is 18.3 Å². The number of rotatable bonds is 0. The molecule has 5 heteroatoms. The Kier molecular flexibility index (Phi) is 1.85. The van der Waals surface area contributed by atoms with Crippen LogP contribution >= 0.6 is 11.6 Å². The molecule has 76 valence electrons. The van der Waals surface area contributed by atoms with Crippen LogP contribution in [-0.4, -0.2) is 11.3 Å². The van der Waals surface area contributed by atoms with Crippen molar-refractivity contribution in [2.24, 2.45) is 0 Å². The molecule has 0 heterocycles. The van der Waals surface area contributed by atoms with Gasteiger partial charge in [-0.25, -0.2) is 0 Å². The van der Waals surface area contributed by atoms with E-state index in [9.17, 15) is 18.3 Å². The number of aliphatic hydroxyl groups is 1. The van der Waals surface area contributed by atoms with E-state index in [0.29, 0.717) is 10.6 Å². The smallest absolute Gasteiger partial charge is 0.376 e. The fourth-order valence-corrected chi connectivity index (χ4v) is 1.82. The number of halogens is 4. The van der Waals surface area contributed by atoms with Gasteiger partial charge in [-0.1, -0.05) is 17.7 Å². The van der Waals surface area contributed by atoms with Gasteiger partial charge in [-0.2, -0.15) is 13.2 Å². The van der Waals surface area contributed by atoms with Crippen LogP contribution in [0.5, 0.6) is 0 Å². The molecule has 2 rings (SSSR count). The van der Waals surface area contributed by atoms with Crippen LogP contribution in [0.15, 0.2) is 18.2 Å². The highest BCUT2D eigenvalue weighted by Crippen LogP contribution is 2.50. The van der Waals surface area contributed by atoms with Crippen molar-refractivity contribution in [3.8, 4) is 0 Å². The summed E-state index contributed by atoms with van der Waals surface area (Å²) in [6.45, 7) is 0. The highest BCUT2D eigenvalue weighted by molar-refractivity contribution is 6.30. The van der Waals surface area contributed by atoms with Crippen LogP contribution in [0.2, 0.25) is 5.02 Å². The Morgan fingerprint density at radius 1 is 1.36 bits per heavy atom. The molecule has 1 aromatic rings. The number of fused-ring (bicyclic) bond motifs is 1. The molecule has 0 aliphatic heterocycles. The summed E-state index contributed by atoms with van der Waals surface area (Å²) in [7, 11) is 0. The third-order valence-corrected chi connectivity index (χ3v) is 2.66. The van der Waals surface area contributed by atoms with E-state index in [4.69, 9.17) is 11.6 Å². The van der Waals surface area contributed by atoms with Crippen LogP contribution in [0.4, 0.5) is 13.2 Å². The molecule has 0 saturated carbocycles. The van der Waals surface area contributed by atoms with Crippen LogP contribution in [0.25, 0.3) is 0 Å². The third kappa shape index (κ3) is 1.14. The fourth-order valence-electron chi connectivity index (χ4n) is 1.63. The van der Waals surface area contributed by atoms with E-state index in [2.05, 4.69) is 0 Å². The second-order valence-corrected chi connectivity index (χ2v) is 3.77. The van der Waals surface area contributed by atoms with Gasteiger partial charge in [0.2, 0.25) is 0 Å². The summed E-state index contributed by atoms with van der Waals surface area (Å²) in [5.74, 6) is 0. The summed E-state index contributed by atoms with van der Waals surface area (Å²) in [6.07, 6.45) is -5.03. The van der Waals surface area contributed by atoms with Crippen LogP contribution in [0, 0.1) is 0 Å². The first-order valence-electron chi connectivity index (χ1n) is 3.92. The molecule has 0 spiro atoms. The lowest BCUT2D eigenvalue weighted by atomic mass is 9.73. The average molecular weight is 223 g/mol. The molecule has 1 unspecified atom stereocenters. The standard InChI is InChI=1S/C9H6ClF3O/c10-6-1-2-7-5(3-6)4-8(7,14)9(11,12)13/h1-3,14H,4H2. The van der Waals surface area contributed by atoms with E-state index >= 15 is 0 Å². The van der Waals surface area contributed by atoms with Crippen molar-refractivity contribution in [3.05, 3.63) is 34.3 Å². The molecule has 0 radical (unpaired) electrons. The second kappa shape index (κ2) is 2.64. The molecule has 1 aliphatic carbocycles. The Morgan fingerprint density at radius 2 is 2.00 bits per heavy atom. The minimum absolute atomic E-state index is 0.0885. The number of hydrogen-bond donors (Lipinski definition) is 1. The highest BCUT2D eigenvalue weighted by atomic mass is 35.5. The SMILES string of the molecule is OC1(C(F)(F)F)Cc2cc(Cl)ccc21. The van der Waals surface area contributed by atoms with Gasteiger partial charge in [0.25, 0.3) is 0 Å². The number of alkyl halides is 3. The Balaban J connectivity index is 2.45. The summed E-state index contributed by atoms with van der Waals surface area (Å²) in [5.41, 5.74) is -2.31. The minimum atomic E-state index is -4.62. The zero-order chi connectivity index (χ0) is 10.6. The topological polar surface area (TPSA) is 20.2 Å². The summed E-state index contributed by atoms with van der Waals surface area (Å²) >= 11 is 5.60. The Hall–Kier alpha value is -0.740. The Morgan fingerprint density at radius 3 is 2.50 bits per heavy atom. The maximum Gasteiger partial charge on any atom is 0.421 e. The summed E-state index contributed by atoms with van der Waals surface area (Å²) in [5, 5.41) is 9.70. The molecular formula is C9H6ClF3O. The summed E-state index contributed by atoms with van der Waals surface area (Å²) < 4.78 is 37.1. The van der Waals surface area contributed by atoms with Gasteiger partial charge in [0.1, 0.15) is 0 Å². The van der Waals surface area contributed by atoms with E-state index in [1.165, 1.54) is 18.2 Å². The molecule has 1 aliphatic rings. The number of hydrogen-bond acceptors (Lipinski definition) is 1. The minimum Gasteiger partial charge on any atom is -0.376 e. The predicted molar refractivity (Wildman–Crippen MR) is 45.1 cm³/mol. The molecule has 1 aromatic carbocycles. The van der Waals surface area contributed by atoms with Gasteiger partial charge in [-0.3, -0.25) is 0 Å². The van der Waals surface area contributed by atoms with Gasteiger partial charge >= 0.3 is 6.18 Å². The maximum absolute atomic E-state index is 12.4.